The molecule has 0 unspecified atom stereocenters. The van der Waals surface area contributed by atoms with Crippen molar-refractivity contribution in [3.63, 3.8) is 0 Å². The first kappa shape index (κ1) is 14.7. The smallest absolute Gasteiger partial charge is 0.190 e. The summed E-state index contributed by atoms with van der Waals surface area (Å²) in [6.07, 6.45) is 3.98. The molecule has 0 radical (unpaired) electrons. The number of hydrogen-bond donors (Lipinski definition) is 1. The second-order valence-electron chi connectivity index (χ2n) is 5.01. The van der Waals surface area contributed by atoms with E-state index in [2.05, 4.69) is 5.32 Å². The monoisotopic (exact) mass is 280 g/mol. The lowest BCUT2D eigenvalue weighted by Gasteiger charge is -2.10. The van der Waals surface area contributed by atoms with E-state index in [4.69, 9.17) is 10.00 Å². The van der Waals surface area contributed by atoms with Crippen LogP contribution in [0.25, 0.3) is 0 Å². The minimum atomic E-state index is -0.669. The summed E-state index contributed by atoms with van der Waals surface area (Å²) in [5.74, 6) is -1.66. The summed E-state index contributed by atoms with van der Waals surface area (Å²) in [7, 11) is 0. The molecule has 1 aromatic rings. The zero-order valence-electron chi connectivity index (χ0n) is 11.3. The van der Waals surface area contributed by atoms with Crippen LogP contribution in [0.15, 0.2) is 12.1 Å². The van der Waals surface area contributed by atoms with Crippen molar-refractivity contribution in [3.8, 4) is 11.8 Å². The number of nitrogens with zero attached hydrogens (tertiary/aromatic N) is 1. The van der Waals surface area contributed by atoms with Gasteiger partial charge in [-0.05, 0) is 43.4 Å². The highest BCUT2D eigenvalue weighted by molar-refractivity contribution is 5.31. The van der Waals surface area contributed by atoms with E-state index in [1.54, 1.807) is 0 Å². The molecular weight excluding hydrogens is 262 g/mol. The topological polar surface area (TPSA) is 45.0 Å². The van der Waals surface area contributed by atoms with E-state index in [1.165, 1.54) is 12.1 Å². The number of hydrogen-bond acceptors (Lipinski definition) is 3. The molecule has 1 N–H and O–H groups in total. The second-order valence-corrected chi connectivity index (χ2v) is 5.01. The molecule has 5 heteroatoms. The average molecular weight is 280 g/mol. The van der Waals surface area contributed by atoms with Crippen molar-refractivity contribution < 1.29 is 13.5 Å². The molecule has 1 aromatic carbocycles. The fourth-order valence-electron chi connectivity index (χ4n) is 1.88. The lowest BCUT2D eigenvalue weighted by Crippen LogP contribution is -2.15. The molecule has 20 heavy (non-hydrogen) atoms. The minimum absolute atomic E-state index is 0.217. The third-order valence-corrected chi connectivity index (χ3v) is 3.16. The predicted octanol–water partition coefficient (Wildman–Crippen LogP) is 3.29. The van der Waals surface area contributed by atoms with Gasteiger partial charge < -0.3 is 10.1 Å². The van der Waals surface area contributed by atoms with Crippen LogP contribution < -0.4 is 10.1 Å². The molecule has 0 atom stereocenters. The standard InChI is InChI=1S/C15H18F2N2O/c16-13-8-11(10-19-12-4-5-12)9-14(17)15(13)20-7-3-1-2-6-18/h8-9,12,19H,1-5,7,10H2. The summed E-state index contributed by atoms with van der Waals surface area (Å²) in [6, 6.07) is 5.13. The molecule has 108 valence electrons. The molecule has 0 aromatic heterocycles. The van der Waals surface area contributed by atoms with Gasteiger partial charge in [0.05, 0.1) is 12.7 Å². The lowest BCUT2D eigenvalue weighted by atomic mass is 10.2. The quantitative estimate of drug-likeness (QED) is 0.743. The Balaban J connectivity index is 1.86. The number of benzene rings is 1. The van der Waals surface area contributed by atoms with Gasteiger partial charge in [0.25, 0.3) is 0 Å². The molecule has 1 fully saturated rings. The van der Waals surface area contributed by atoms with Crippen LogP contribution in [0.5, 0.6) is 5.75 Å². The minimum Gasteiger partial charge on any atom is -0.488 e. The van der Waals surface area contributed by atoms with Gasteiger partial charge in [-0.1, -0.05) is 0 Å². The molecule has 0 bridgehead atoms. The molecule has 2 rings (SSSR count). The van der Waals surface area contributed by atoms with E-state index in [0.717, 1.165) is 12.8 Å². The van der Waals surface area contributed by atoms with Crippen LogP contribution in [-0.4, -0.2) is 12.6 Å². The molecule has 0 aliphatic heterocycles. The van der Waals surface area contributed by atoms with Crippen molar-refractivity contribution in [1.29, 1.82) is 5.26 Å². The number of nitriles is 1. The molecule has 1 saturated carbocycles. The van der Waals surface area contributed by atoms with E-state index in [9.17, 15) is 8.78 Å². The van der Waals surface area contributed by atoms with Crippen LogP contribution in [-0.2, 0) is 6.54 Å². The first-order valence-electron chi connectivity index (χ1n) is 6.91. The van der Waals surface area contributed by atoms with Crippen LogP contribution in [0.2, 0.25) is 0 Å². The molecule has 0 spiro atoms. The Morgan fingerprint density at radius 2 is 1.95 bits per heavy atom. The normalized spacial score (nSPS) is 14.1. The summed E-state index contributed by atoms with van der Waals surface area (Å²) in [5.41, 5.74) is 0.587. The van der Waals surface area contributed by atoms with Crippen LogP contribution in [0.4, 0.5) is 8.78 Å². The maximum atomic E-state index is 13.8. The van der Waals surface area contributed by atoms with Crippen LogP contribution >= 0.6 is 0 Å². The van der Waals surface area contributed by atoms with Gasteiger partial charge in [0.2, 0.25) is 0 Å². The van der Waals surface area contributed by atoms with Crippen molar-refractivity contribution in [1.82, 2.24) is 5.32 Å². The van der Waals surface area contributed by atoms with Crippen molar-refractivity contribution in [3.05, 3.63) is 29.3 Å². The van der Waals surface area contributed by atoms with E-state index in [-0.39, 0.29) is 12.4 Å². The Hall–Kier alpha value is -1.67. The van der Waals surface area contributed by atoms with Gasteiger partial charge in [-0.3, -0.25) is 0 Å². The maximum Gasteiger partial charge on any atom is 0.190 e. The van der Waals surface area contributed by atoms with Crippen LogP contribution in [0.1, 0.15) is 37.7 Å². The Morgan fingerprint density at radius 3 is 2.55 bits per heavy atom. The second kappa shape index (κ2) is 7.20. The van der Waals surface area contributed by atoms with Gasteiger partial charge in [0.1, 0.15) is 0 Å². The van der Waals surface area contributed by atoms with Gasteiger partial charge in [-0.15, -0.1) is 0 Å². The van der Waals surface area contributed by atoms with Gasteiger partial charge in [-0.2, -0.15) is 5.26 Å². The summed E-state index contributed by atoms with van der Waals surface area (Å²) in [6.45, 7) is 0.691. The zero-order chi connectivity index (χ0) is 14.4. The molecule has 0 amide bonds. The fourth-order valence-corrected chi connectivity index (χ4v) is 1.88. The summed E-state index contributed by atoms with van der Waals surface area (Å²) < 4.78 is 32.7. The summed E-state index contributed by atoms with van der Waals surface area (Å²) in [4.78, 5) is 0. The van der Waals surface area contributed by atoms with Gasteiger partial charge >= 0.3 is 0 Å². The Labute approximate surface area is 117 Å². The predicted molar refractivity (Wildman–Crippen MR) is 71.2 cm³/mol. The fraction of sp³-hybridized carbons (Fsp3) is 0.533. The molecule has 3 nitrogen and oxygen atoms in total. The number of nitrogens with one attached hydrogen (secondary N) is 1. The van der Waals surface area contributed by atoms with Gasteiger partial charge in [-0.25, -0.2) is 8.78 Å². The Morgan fingerprint density at radius 1 is 1.25 bits per heavy atom. The van der Waals surface area contributed by atoms with E-state index in [1.807, 2.05) is 6.07 Å². The molecule has 1 aliphatic rings. The maximum absolute atomic E-state index is 13.8. The van der Waals surface area contributed by atoms with Crippen molar-refractivity contribution in [2.75, 3.05) is 6.61 Å². The highest BCUT2D eigenvalue weighted by Gasteiger charge is 2.20. The molecule has 1 aliphatic carbocycles. The SMILES string of the molecule is N#CCCCCOc1c(F)cc(CNC2CC2)cc1F. The third-order valence-electron chi connectivity index (χ3n) is 3.16. The largest absolute Gasteiger partial charge is 0.488 e. The summed E-state index contributed by atoms with van der Waals surface area (Å²) in [5, 5.41) is 11.6. The van der Waals surface area contributed by atoms with Crippen LogP contribution in [0.3, 0.4) is 0 Å². The third kappa shape index (κ3) is 4.46. The number of unbranched alkanes of at least 4 members (excludes halogenated alkanes) is 2. The number of halogens is 2. The van der Waals surface area contributed by atoms with Crippen LogP contribution in [0, 0.1) is 23.0 Å². The molecular formula is C15H18F2N2O. The Kier molecular flexibility index (Phi) is 5.31. The highest BCUT2D eigenvalue weighted by atomic mass is 19.1. The first-order chi connectivity index (χ1) is 9.70. The van der Waals surface area contributed by atoms with E-state index < -0.39 is 11.6 Å². The van der Waals surface area contributed by atoms with Crippen molar-refractivity contribution >= 4 is 0 Å². The Bertz CT molecular complexity index is 472. The molecule has 0 saturated heterocycles. The van der Waals surface area contributed by atoms with Crippen molar-refractivity contribution in [2.24, 2.45) is 0 Å². The van der Waals surface area contributed by atoms with Gasteiger partial charge in [0, 0.05) is 19.0 Å². The highest BCUT2D eigenvalue weighted by Crippen LogP contribution is 2.25. The lowest BCUT2D eigenvalue weighted by molar-refractivity contribution is 0.277. The first-order valence-corrected chi connectivity index (χ1v) is 6.91. The number of rotatable bonds is 8. The van der Waals surface area contributed by atoms with Crippen molar-refractivity contribution in [2.45, 2.75) is 44.7 Å². The molecule has 0 heterocycles. The average Bonchev–Trinajstić information content (AvgIpc) is 3.23. The van der Waals surface area contributed by atoms with Gasteiger partial charge in [0.15, 0.2) is 17.4 Å². The summed E-state index contributed by atoms with van der Waals surface area (Å²) >= 11 is 0. The van der Waals surface area contributed by atoms with E-state index in [0.29, 0.717) is 37.4 Å². The zero-order valence-corrected chi connectivity index (χ0v) is 11.3. The van der Waals surface area contributed by atoms with E-state index >= 15 is 0 Å². The number of ether oxygens (including phenoxy) is 1.